The third-order valence-electron chi connectivity index (χ3n) is 5.36. The highest BCUT2D eigenvalue weighted by molar-refractivity contribution is 7.93. The predicted molar refractivity (Wildman–Crippen MR) is 125 cm³/mol. The molecule has 35 heavy (non-hydrogen) atoms. The zero-order valence-electron chi connectivity index (χ0n) is 19.7. The summed E-state index contributed by atoms with van der Waals surface area (Å²) in [6, 6.07) is 8.54. The Labute approximate surface area is 201 Å². The van der Waals surface area contributed by atoms with Crippen molar-refractivity contribution < 1.29 is 31.8 Å². The second kappa shape index (κ2) is 9.43. The first-order valence-corrected chi connectivity index (χ1v) is 12.1. The van der Waals surface area contributed by atoms with E-state index in [4.69, 9.17) is 18.3 Å². The summed E-state index contributed by atoms with van der Waals surface area (Å²) in [7, 11) is -1.25. The monoisotopic (exact) mass is 503 g/mol. The topological polar surface area (TPSA) is 155 Å². The number of hydrogen-bond acceptors (Lipinski definition) is 10. The van der Waals surface area contributed by atoms with Crippen LogP contribution in [0.25, 0.3) is 17.3 Å². The molecule has 2 atom stereocenters. The number of nitrogens with one attached hydrogen (secondary N) is 1. The number of para-hydroxylation sites is 1. The number of aromatic nitrogens is 4. The van der Waals surface area contributed by atoms with Gasteiger partial charge in [0, 0.05) is 6.92 Å². The highest BCUT2D eigenvalue weighted by Gasteiger charge is 2.34. The van der Waals surface area contributed by atoms with Crippen molar-refractivity contribution in [2.75, 3.05) is 18.9 Å². The minimum atomic E-state index is -4.20. The van der Waals surface area contributed by atoms with E-state index in [0.717, 1.165) is 0 Å². The average molecular weight is 504 g/mol. The lowest BCUT2D eigenvalue weighted by atomic mass is 10.2. The van der Waals surface area contributed by atoms with E-state index in [1.165, 1.54) is 32.0 Å². The Morgan fingerprint density at radius 3 is 2.31 bits per heavy atom. The molecule has 4 rings (SSSR count). The molecule has 0 spiro atoms. The van der Waals surface area contributed by atoms with Gasteiger partial charge in [0.1, 0.15) is 46.3 Å². The minimum absolute atomic E-state index is 0.0972. The molecule has 0 unspecified atom stereocenters. The first-order valence-electron chi connectivity index (χ1n) is 10.5. The van der Waals surface area contributed by atoms with Crippen LogP contribution in [0.5, 0.6) is 11.5 Å². The second-order valence-electron chi connectivity index (χ2n) is 7.69. The standard InChI is InChI=1S/C22H25N5O7S/c1-12-9-10-18(34-12)21-24-25-22(27(21)19-16(31-4)7-6-8-17(19)32-5)26-35(29,30)13(2)20(28)15-11-33-14(3)23-15/h6-11,13,20,28H,1-5H3,(H,25,26)/t13-,20+/m1/s1. The van der Waals surface area contributed by atoms with Gasteiger partial charge < -0.3 is 23.4 Å². The highest BCUT2D eigenvalue weighted by Crippen LogP contribution is 2.38. The van der Waals surface area contributed by atoms with Crippen LogP contribution >= 0.6 is 0 Å². The van der Waals surface area contributed by atoms with Gasteiger partial charge in [0.15, 0.2) is 11.7 Å². The van der Waals surface area contributed by atoms with Gasteiger partial charge in [-0.05, 0) is 38.1 Å². The molecule has 0 aliphatic carbocycles. The van der Waals surface area contributed by atoms with Crippen LogP contribution in [0.2, 0.25) is 0 Å². The molecule has 2 N–H and O–H groups in total. The first-order chi connectivity index (χ1) is 16.7. The average Bonchev–Trinajstić information content (AvgIpc) is 3.57. The summed E-state index contributed by atoms with van der Waals surface area (Å²) in [5.41, 5.74) is 0.449. The molecule has 0 fully saturated rings. The maximum absolute atomic E-state index is 13.3. The lowest BCUT2D eigenvalue weighted by Gasteiger charge is -2.20. The Morgan fingerprint density at radius 1 is 1.09 bits per heavy atom. The van der Waals surface area contributed by atoms with Gasteiger partial charge in [0.05, 0.1) is 14.2 Å². The number of anilines is 1. The quantitative estimate of drug-likeness (QED) is 0.348. The van der Waals surface area contributed by atoms with Crippen LogP contribution in [0, 0.1) is 13.8 Å². The Bertz CT molecular complexity index is 1420. The molecule has 3 heterocycles. The molecule has 13 heteroatoms. The molecule has 4 aromatic rings. The number of methoxy groups -OCH3 is 2. The number of sulfonamides is 1. The van der Waals surface area contributed by atoms with Gasteiger partial charge in [-0.1, -0.05) is 6.07 Å². The molecule has 0 radical (unpaired) electrons. The molecule has 12 nitrogen and oxygen atoms in total. The summed E-state index contributed by atoms with van der Waals surface area (Å²) in [4.78, 5) is 4.02. The lowest BCUT2D eigenvalue weighted by Crippen LogP contribution is -2.32. The smallest absolute Gasteiger partial charge is 0.243 e. The summed E-state index contributed by atoms with van der Waals surface area (Å²) in [6.45, 7) is 4.71. The van der Waals surface area contributed by atoms with Crippen LogP contribution in [0.3, 0.4) is 0 Å². The Balaban J connectivity index is 1.83. The fraction of sp³-hybridized carbons (Fsp3) is 0.318. The van der Waals surface area contributed by atoms with Gasteiger partial charge in [-0.25, -0.2) is 13.4 Å². The SMILES string of the molecule is COc1cccc(OC)c1-n1c(NS(=O)(=O)[C@H](C)[C@H](O)c2coc(C)n2)nnc1-c1ccc(C)o1. The molecule has 0 saturated carbocycles. The number of aryl methyl sites for hydroxylation is 2. The van der Waals surface area contributed by atoms with Gasteiger partial charge in [0.2, 0.25) is 21.8 Å². The van der Waals surface area contributed by atoms with Gasteiger partial charge in [-0.2, -0.15) is 0 Å². The lowest BCUT2D eigenvalue weighted by molar-refractivity contribution is 0.171. The number of nitrogens with zero attached hydrogens (tertiary/aromatic N) is 4. The number of rotatable bonds is 9. The van der Waals surface area contributed by atoms with E-state index < -0.39 is 21.4 Å². The van der Waals surface area contributed by atoms with Crippen molar-refractivity contribution in [3.63, 3.8) is 0 Å². The fourth-order valence-electron chi connectivity index (χ4n) is 3.47. The maximum atomic E-state index is 13.3. The molecular formula is C22H25N5O7S. The Morgan fingerprint density at radius 2 is 1.77 bits per heavy atom. The summed E-state index contributed by atoms with van der Waals surface area (Å²) in [5.74, 6) is 2.08. The van der Waals surface area contributed by atoms with Crippen molar-refractivity contribution in [1.82, 2.24) is 19.7 Å². The van der Waals surface area contributed by atoms with Gasteiger partial charge in [0.25, 0.3) is 0 Å². The van der Waals surface area contributed by atoms with Crippen LogP contribution < -0.4 is 14.2 Å². The van der Waals surface area contributed by atoms with Crippen molar-refractivity contribution >= 4 is 16.0 Å². The first kappa shape index (κ1) is 24.3. The van der Waals surface area contributed by atoms with Gasteiger partial charge in [-0.15, -0.1) is 10.2 Å². The number of furan rings is 1. The van der Waals surface area contributed by atoms with E-state index >= 15 is 0 Å². The van der Waals surface area contributed by atoms with Crippen molar-refractivity contribution in [3.8, 4) is 28.8 Å². The number of aliphatic hydroxyl groups is 1. The molecule has 0 aliphatic rings. The molecule has 0 bridgehead atoms. The van der Waals surface area contributed by atoms with Crippen LogP contribution in [-0.4, -0.2) is 52.7 Å². The van der Waals surface area contributed by atoms with Gasteiger partial charge in [-0.3, -0.25) is 9.29 Å². The molecule has 186 valence electrons. The third kappa shape index (κ3) is 4.59. The third-order valence-corrected chi connectivity index (χ3v) is 7.06. The summed E-state index contributed by atoms with van der Waals surface area (Å²) >= 11 is 0. The van der Waals surface area contributed by atoms with E-state index in [0.29, 0.717) is 34.6 Å². The molecular weight excluding hydrogens is 478 g/mol. The molecule has 0 aliphatic heterocycles. The summed E-state index contributed by atoms with van der Waals surface area (Å²) < 4.78 is 52.2. The minimum Gasteiger partial charge on any atom is -0.494 e. The van der Waals surface area contributed by atoms with E-state index in [1.54, 1.807) is 44.2 Å². The van der Waals surface area contributed by atoms with E-state index in [1.807, 2.05) is 0 Å². The van der Waals surface area contributed by atoms with Crippen molar-refractivity contribution in [1.29, 1.82) is 0 Å². The van der Waals surface area contributed by atoms with E-state index in [-0.39, 0.29) is 17.5 Å². The van der Waals surface area contributed by atoms with E-state index in [2.05, 4.69) is 19.9 Å². The number of benzene rings is 1. The maximum Gasteiger partial charge on any atom is 0.243 e. The number of aliphatic hydroxyl groups excluding tert-OH is 1. The van der Waals surface area contributed by atoms with Crippen LogP contribution in [0.15, 0.2) is 45.4 Å². The highest BCUT2D eigenvalue weighted by atomic mass is 32.2. The molecule has 1 aromatic carbocycles. The van der Waals surface area contributed by atoms with E-state index in [9.17, 15) is 13.5 Å². The Hall–Kier alpha value is -3.84. The zero-order chi connectivity index (χ0) is 25.3. The number of oxazole rings is 1. The molecule has 0 saturated heterocycles. The fourth-order valence-corrected chi connectivity index (χ4v) is 4.53. The normalized spacial score (nSPS) is 13.4. The number of ether oxygens (including phenoxy) is 2. The second-order valence-corrected chi connectivity index (χ2v) is 9.73. The number of hydrogen-bond donors (Lipinski definition) is 2. The molecule has 0 amide bonds. The molecule has 3 aromatic heterocycles. The van der Waals surface area contributed by atoms with Crippen molar-refractivity contribution in [2.24, 2.45) is 0 Å². The predicted octanol–water partition coefficient (Wildman–Crippen LogP) is 3.01. The van der Waals surface area contributed by atoms with Gasteiger partial charge >= 0.3 is 0 Å². The van der Waals surface area contributed by atoms with Crippen molar-refractivity contribution in [2.45, 2.75) is 32.1 Å². The van der Waals surface area contributed by atoms with Crippen LogP contribution in [0.1, 0.15) is 30.4 Å². The summed E-state index contributed by atoms with van der Waals surface area (Å²) in [6.07, 6.45) is -0.236. The Kier molecular flexibility index (Phi) is 6.54. The summed E-state index contributed by atoms with van der Waals surface area (Å²) in [5, 5.41) is 17.5. The van der Waals surface area contributed by atoms with Crippen LogP contribution in [0.4, 0.5) is 5.95 Å². The van der Waals surface area contributed by atoms with Crippen LogP contribution in [-0.2, 0) is 10.0 Å². The van der Waals surface area contributed by atoms with Crippen molar-refractivity contribution in [3.05, 3.63) is 53.9 Å². The zero-order valence-corrected chi connectivity index (χ0v) is 20.5. The largest absolute Gasteiger partial charge is 0.494 e.